The van der Waals surface area contributed by atoms with E-state index in [1.54, 1.807) is 0 Å². The van der Waals surface area contributed by atoms with Crippen LogP contribution in [0.4, 0.5) is 0 Å². The van der Waals surface area contributed by atoms with Crippen molar-refractivity contribution in [3.05, 3.63) is 12.3 Å². The van der Waals surface area contributed by atoms with E-state index in [1.165, 1.54) is 19.4 Å². The molecule has 9 heavy (non-hydrogen) atoms. The lowest BCUT2D eigenvalue weighted by Gasteiger charge is -2.20. The zero-order valence-corrected chi connectivity index (χ0v) is 6.30. The first-order valence-corrected chi connectivity index (χ1v) is 3.77. The Kier molecular flexibility index (Phi) is 2.15. The Bertz CT molecular complexity index is 107. The van der Waals surface area contributed by atoms with E-state index >= 15 is 0 Å². The van der Waals surface area contributed by atoms with Gasteiger partial charge in [0.2, 0.25) is 0 Å². The second-order valence-corrected chi connectivity index (χ2v) is 2.71. The van der Waals surface area contributed by atoms with Gasteiger partial charge in [0.15, 0.2) is 0 Å². The van der Waals surface area contributed by atoms with Gasteiger partial charge in [-0.1, -0.05) is 13.0 Å². The van der Waals surface area contributed by atoms with Gasteiger partial charge in [-0.05, 0) is 26.0 Å². The van der Waals surface area contributed by atoms with E-state index in [2.05, 4.69) is 31.0 Å². The van der Waals surface area contributed by atoms with Crippen LogP contribution in [-0.4, -0.2) is 17.5 Å². The number of rotatable bonds is 2. The van der Waals surface area contributed by atoms with Crippen LogP contribution in [0.15, 0.2) is 12.3 Å². The molecule has 1 nitrogen and oxygen atoms in total. The van der Waals surface area contributed by atoms with Crippen molar-refractivity contribution in [3.63, 3.8) is 0 Å². The lowest BCUT2D eigenvalue weighted by Crippen LogP contribution is -2.23. The zero-order chi connectivity index (χ0) is 6.69. The molecular weight excluding hydrogens is 110 g/mol. The van der Waals surface area contributed by atoms with Gasteiger partial charge in [0.25, 0.3) is 0 Å². The van der Waals surface area contributed by atoms with Gasteiger partial charge in [-0.15, -0.1) is 0 Å². The highest BCUT2D eigenvalue weighted by Gasteiger charge is 2.11. The molecule has 1 aliphatic rings. The van der Waals surface area contributed by atoms with Gasteiger partial charge in [-0.25, -0.2) is 0 Å². The Balaban J connectivity index is 2.31. The third-order valence-electron chi connectivity index (χ3n) is 1.82. The molecule has 1 aliphatic heterocycles. The normalized spacial score (nSPS) is 25.6. The molecule has 0 saturated heterocycles. The van der Waals surface area contributed by atoms with Crippen LogP contribution in [0.2, 0.25) is 0 Å². The van der Waals surface area contributed by atoms with Crippen molar-refractivity contribution in [1.82, 2.24) is 4.90 Å². The third-order valence-corrected chi connectivity index (χ3v) is 1.82. The van der Waals surface area contributed by atoms with E-state index in [4.69, 9.17) is 0 Å². The van der Waals surface area contributed by atoms with Crippen molar-refractivity contribution in [3.8, 4) is 0 Å². The third kappa shape index (κ3) is 1.47. The Morgan fingerprint density at radius 2 is 2.44 bits per heavy atom. The average Bonchev–Trinajstić information content (AvgIpc) is 2.18. The summed E-state index contributed by atoms with van der Waals surface area (Å²) in [7, 11) is 0. The number of hydrogen-bond donors (Lipinski definition) is 0. The molecule has 1 atom stereocenters. The minimum Gasteiger partial charge on any atom is -0.375 e. The van der Waals surface area contributed by atoms with Gasteiger partial charge >= 0.3 is 0 Å². The first kappa shape index (κ1) is 6.66. The molecule has 0 aromatic heterocycles. The summed E-state index contributed by atoms with van der Waals surface area (Å²) in [5.41, 5.74) is 0. The first-order chi connectivity index (χ1) is 4.34. The molecule has 1 heteroatoms. The fraction of sp³-hybridized carbons (Fsp3) is 0.750. The Morgan fingerprint density at radius 1 is 1.67 bits per heavy atom. The van der Waals surface area contributed by atoms with Crippen molar-refractivity contribution in [2.45, 2.75) is 32.7 Å². The van der Waals surface area contributed by atoms with E-state index in [-0.39, 0.29) is 0 Å². The van der Waals surface area contributed by atoms with Gasteiger partial charge in [0, 0.05) is 12.6 Å². The summed E-state index contributed by atoms with van der Waals surface area (Å²) in [6.07, 6.45) is 6.96. The maximum absolute atomic E-state index is 2.40. The molecule has 0 bridgehead atoms. The van der Waals surface area contributed by atoms with Gasteiger partial charge in [0.05, 0.1) is 0 Å². The van der Waals surface area contributed by atoms with E-state index in [1.807, 2.05) is 0 Å². The largest absolute Gasteiger partial charge is 0.375 e. The average molecular weight is 125 g/mol. The summed E-state index contributed by atoms with van der Waals surface area (Å²) < 4.78 is 0. The van der Waals surface area contributed by atoms with Crippen LogP contribution in [0.25, 0.3) is 0 Å². The van der Waals surface area contributed by atoms with Gasteiger partial charge < -0.3 is 4.90 Å². The van der Waals surface area contributed by atoms with Gasteiger partial charge in [-0.2, -0.15) is 0 Å². The Labute approximate surface area is 57.4 Å². The summed E-state index contributed by atoms with van der Waals surface area (Å²) in [5.74, 6) is 0. The molecule has 0 aliphatic carbocycles. The maximum Gasteiger partial charge on any atom is 0.0291 e. The monoisotopic (exact) mass is 125 g/mol. The highest BCUT2D eigenvalue weighted by molar-refractivity contribution is 4.95. The minimum absolute atomic E-state index is 0.755. The Hall–Kier alpha value is -0.460. The molecule has 0 spiro atoms. The quantitative estimate of drug-likeness (QED) is 0.545. The molecule has 0 saturated carbocycles. The van der Waals surface area contributed by atoms with Crippen LogP contribution in [-0.2, 0) is 0 Å². The smallest absolute Gasteiger partial charge is 0.0291 e. The van der Waals surface area contributed by atoms with Crippen molar-refractivity contribution >= 4 is 0 Å². The fourth-order valence-corrected chi connectivity index (χ4v) is 1.23. The van der Waals surface area contributed by atoms with Crippen LogP contribution in [0.1, 0.15) is 26.7 Å². The highest BCUT2D eigenvalue weighted by atomic mass is 15.1. The standard InChI is InChI=1S/C8H15N/c1-3-6-9-7-4-5-8(9)2/h4,7-8H,3,5-6H2,1-2H3. The molecule has 0 aromatic carbocycles. The van der Waals surface area contributed by atoms with Gasteiger partial charge in [0.1, 0.15) is 0 Å². The molecule has 0 aromatic rings. The van der Waals surface area contributed by atoms with E-state index in [0.29, 0.717) is 0 Å². The van der Waals surface area contributed by atoms with Crippen molar-refractivity contribution in [2.24, 2.45) is 0 Å². The molecule has 0 radical (unpaired) electrons. The molecule has 1 rings (SSSR count). The number of hydrogen-bond acceptors (Lipinski definition) is 1. The molecule has 0 fully saturated rings. The number of nitrogens with zero attached hydrogens (tertiary/aromatic N) is 1. The van der Waals surface area contributed by atoms with Crippen molar-refractivity contribution in [1.29, 1.82) is 0 Å². The topological polar surface area (TPSA) is 3.24 Å². The predicted molar refractivity (Wildman–Crippen MR) is 40.2 cm³/mol. The lowest BCUT2D eigenvalue weighted by atomic mass is 10.2. The van der Waals surface area contributed by atoms with E-state index < -0.39 is 0 Å². The minimum atomic E-state index is 0.755. The van der Waals surface area contributed by atoms with Crippen LogP contribution in [0.5, 0.6) is 0 Å². The fourth-order valence-electron chi connectivity index (χ4n) is 1.23. The summed E-state index contributed by atoms with van der Waals surface area (Å²) in [6, 6.07) is 0.755. The van der Waals surface area contributed by atoms with E-state index in [9.17, 15) is 0 Å². The summed E-state index contributed by atoms with van der Waals surface area (Å²) >= 11 is 0. The summed E-state index contributed by atoms with van der Waals surface area (Å²) in [6.45, 7) is 5.71. The van der Waals surface area contributed by atoms with Crippen LogP contribution in [0, 0.1) is 0 Å². The summed E-state index contributed by atoms with van der Waals surface area (Å²) in [4.78, 5) is 2.40. The van der Waals surface area contributed by atoms with Crippen LogP contribution >= 0.6 is 0 Å². The SMILES string of the molecule is CCCN1C=CCC1C. The van der Waals surface area contributed by atoms with Crippen molar-refractivity contribution in [2.75, 3.05) is 6.54 Å². The molecular formula is C8H15N. The predicted octanol–water partition coefficient (Wildman–Crippen LogP) is 2.00. The highest BCUT2D eigenvalue weighted by Crippen LogP contribution is 2.12. The molecule has 0 N–H and O–H groups in total. The zero-order valence-electron chi connectivity index (χ0n) is 6.30. The molecule has 52 valence electrons. The van der Waals surface area contributed by atoms with Gasteiger partial charge in [-0.3, -0.25) is 0 Å². The first-order valence-electron chi connectivity index (χ1n) is 3.77. The maximum atomic E-state index is 2.40. The molecule has 0 amide bonds. The molecule has 1 heterocycles. The van der Waals surface area contributed by atoms with E-state index in [0.717, 1.165) is 6.04 Å². The second-order valence-electron chi connectivity index (χ2n) is 2.71. The van der Waals surface area contributed by atoms with Crippen LogP contribution in [0.3, 0.4) is 0 Å². The Morgan fingerprint density at radius 3 is 2.89 bits per heavy atom. The summed E-state index contributed by atoms with van der Waals surface area (Å²) in [5, 5.41) is 0. The lowest BCUT2D eigenvalue weighted by molar-refractivity contribution is 0.318. The van der Waals surface area contributed by atoms with Crippen molar-refractivity contribution < 1.29 is 0 Å². The second kappa shape index (κ2) is 2.90. The molecule has 1 unspecified atom stereocenters. The van der Waals surface area contributed by atoms with Crippen LogP contribution < -0.4 is 0 Å².